The molecule has 3 aromatic rings. The van der Waals surface area contributed by atoms with Crippen molar-refractivity contribution in [3.8, 4) is 0 Å². The van der Waals surface area contributed by atoms with Gasteiger partial charge in [0.1, 0.15) is 22.6 Å². The van der Waals surface area contributed by atoms with E-state index >= 15 is 0 Å². The van der Waals surface area contributed by atoms with Crippen molar-refractivity contribution in [3.63, 3.8) is 0 Å². The Balaban J connectivity index is 1.53. The molecule has 0 fully saturated rings. The molecule has 0 saturated carbocycles. The van der Waals surface area contributed by atoms with Crippen LogP contribution >= 0.6 is 11.3 Å². The highest BCUT2D eigenvalue weighted by atomic mass is 32.1. The van der Waals surface area contributed by atoms with Gasteiger partial charge in [-0.25, -0.2) is 14.2 Å². The van der Waals surface area contributed by atoms with Crippen LogP contribution < -0.4 is 10.7 Å². The van der Waals surface area contributed by atoms with Gasteiger partial charge in [0.25, 0.3) is 0 Å². The first-order chi connectivity index (χ1) is 13.9. The number of rotatable bonds is 5. The molecule has 1 aliphatic heterocycles. The van der Waals surface area contributed by atoms with Crippen molar-refractivity contribution in [1.82, 2.24) is 4.98 Å². The highest BCUT2D eigenvalue weighted by Crippen LogP contribution is 2.29. The van der Waals surface area contributed by atoms with Crippen molar-refractivity contribution in [1.29, 1.82) is 0 Å². The van der Waals surface area contributed by atoms with Crippen LogP contribution in [0.1, 0.15) is 24.5 Å². The summed E-state index contributed by atoms with van der Waals surface area (Å²) in [5.41, 5.74) is 6.83. The zero-order valence-electron chi connectivity index (χ0n) is 15.4. The summed E-state index contributed by atoms with van der Waals surface area (Å²) >= 11 is 1.45. The van der Waals surface area contributed by atoms with Gasteiger partial charge in [0.15, 0.2) is 6.10 Å². The van der Waals surface area contributed by atoms with Crippen molar-refractivity contribution in [2.45, 2.75) is 25.5 Å². The Hall–Kier alpha value is -3.33. The minimum absolute atomic E-state index is 0.0120. The molecule has 2 aromatic carbocycles. The van der Waals surface area contributed by atoms with Gasteiger partial charge in [0.2, 0.25) is 5.91 Å². The number of benzene rings is 2. The van der Waals surface area contributed by atoms with Gasteiger partial charge in [-0.05, 0) is 43.3 Å². The number of ether oxygens (including phenoxy) is 1. The van der Waals surface area contributed by atoms with Crippen LogP contribution in [0.4, 0.5) is 10.1 Å². The Kier molecular flexibility index (Phi) is 4.98. The fourth-order valence-electron chi connectivity index (χ4n) is 3.03. The number of primary amides is 1. The zero-order chi connectivity index (χ0) is 20.5. The lowest BCUT2D eigenvalue weighted by Crippen LogP contribution is -2.39. The van der Waals surface area contributed by atoms with Crippen LogP contribution in [0.25, 0.3) is 10.2 Å². The molecule has 1 aliphatic rings. The molecule has 4 rings (SSSR count). The predicted octanol–water partition coefficient (Wildman–Crippen LogP) is 3.16. The van der Waals surface area contributed by atoms with Gasteiger partial charge >= 0.3 is 5.97 Å². The number of para-hydroxylation sites is 1. The summed E-state index contributed by atoms with van der Waals surface area (Å²) in [7, 11) is 0. The quantitative estimate of drug-likeness (QED) is 0.649. The van der Waals surface area contributed by atoms with E-state index in [9.17, 15) is 14.0 Å². The summed E-state index contributed by atoms with van der Waals surface area (Å²) in [5.74, 6) is -1.70. The van der Waals surface area contributed by atoms with E-state index in [0.29, 0.717) is 10.7 Å². The molecule has 0 aliphatic carbocycles. The highest BCUT2D eigenvalue weighted by molar-refractivity contribution is 7.18. The van der Waals surface area contributed by atoms with Gasteiger partial charge < -0.3 is 10.5 Å². The Labute approximate surface area is 169 Å². The zero-order valence-corrected chi connectivity index (χ0v) is 16.2. The van der Waals surface area contributed by atoms with Crippen LogP contribution in [0.5, 0.6) is 0 Å². The van der Waals surface area contributed by atoms with Gasteiger partial charge in [-0.2, -0.15) is 5.10 Å². The van der Waals surface area contributed by atoms with Gasteiger partial charge in [0.05, 0.1) is 15.9 Å². The fourth-order valence-corrected chi connectivity index (χ4v) is 3.98. The highest BCUT2D eigenvalue weighted by Gasteiger charge is 2.36. The fraction of sp³-hybridized carbons (Fsp3) is 0.200. The van der Waals surface area contributed by atoms with E-state index in [1.165, 1.54) is 40.6 Å². The number of hydrazone groups is 1. The Morgan fingerprint density at radius 2 is 1.97 bits per heavy atom. The van der Waals surface area contributed by atoms with Gasteiger partial charge in [0, 0.05) is 6.42 Å². The van der Waals surface area contributed by atoms with E-state index in [1.54, 1.807) is 6.92 Å². The number of hydrogen-bond donors (Lipinski definition) is 1. The summed E-state index contributed by atoms with van der Waals surface area (Å²) in [6, 6.07) is 12.2. The first-order valence-electron chi connectivity index (χ1n) is 8.90. The number of thiazole rings is 1. The molecule has 2 atom stereocenters. The number of esters is 1. The number of amides is 1. The summed E-state index contributed by atoms with van der Waals surface area (Å²) in [6.45, 7) is 1.73. The molecule has 29 heavy (non-hydrogen) atoms. The molecule has 0 saturated heterocycles. The molecule has 1 aromatic heterocycles. The summed E-state index contributed by atoms with van der Waals surface area (Å²) in [4.78, 5) is 29.0. The van der Waals surface area contributed by atoms with Crippen LogP contribution in [0, 0.1) is 5.82 Å². The van der Waals surface area contributed by atoms with Crippen LogP contribution in [0.2, 0.25) is 0 Å². The molecule has 2 heterocycles. The number of hydrogen-bond acceptors (Lipinski definition) is 7. The maximum absolute atomic E-state index is 13.2. The molecule has 2 N–H and O–H groups in total. The standard InChI is InChI=1S/C20H17FN4O3S/c1-11(19-23-14-4-2-3-5-17(14)29-19)28-20(27)15-10-16(18(22)26)25(24-15)13-8-6-12(21)7-9-13/h2-9,11,16H,10H2,1H3,(H2,22,26)/t11-,16-/m0/s1. The number of aromatic nitrogens is 1. The van der Waals surface area contributed by atoms with Gasteiger partial charge in [-0.3, -0.25) is 9.80 Å². The molecule has 9 heteroatoms. The number of nitrogens with two attached hydrogens (primary N) is 1. The van der Waals surface area contributed by atoms with Crippen LogP contribution in [0.15, 0.2) is 53.6 Å². The molecule has 0 radical (unpaired) electrons. The Bertz CT molecular complexity index is 1080. The maximum atomic E-state index is 13.2. The number of fused-ring (bicyclic) bond motifs is 1. The van der Waals surface area contributed by atoms with Crippen molar-refractivity contribution < 1.29 is 18.7 Å². The number of anilines is 1. The second-order valence-electron chi connectivity index (χ2n) is 6.56. The van der Waals surface area contributed by atoms with E-state index in [4.69, 9.17) is 10.5 Å². The largest absolute Gasteiger partial charge is 0.451 e. The molecule has 1 amide bonds. The monoisotopic (exact) mass is 412 g/mol. The van der Waals surface area contributed by atoms with E-state index in [2.05, 4.69) is 10.1 Å². The van der Waals surface area contributed by atoms with E-state index < -0.39 is 29.8 Å². The second kappa shape index (κ2) is 7.59. The Morgan fingerprint density at radius 1 is 1.24 bits per heavy atom. The second-order valence-corrected chi connectivity index (χ2v) is 7.62. The number of nitrogens with zero attached hydrogens (tertiary/aromatic N) is 3. The lowest BCUT2D eigenvalue weighted by Gasteiger charge is -2.20. The molecular weight excluding hydrogens is 395 g/mol. The first-order valence-corrected chi connectivity index (χ1v) is 9.72. The molecular formula is C20H17FN4O3S. The number of carbonyl (C=O) groups is 2. The van der Waals surface area contributed by atoms with Crippen LogP contribution in [-0.2, 0) is 14.3 Å². The smallest absolute Gasteiger partial charge is 0.355 e. The Morgan fingerprint density at radius 3 is 2.66 bits per heavy atom. The third kappa shape index (κ3) is 3.81. The third-order valence-corrected chi connectivity index (χ3v) is 5.71. The molecule has 0 bridgehead atoms. The maximum Gasteiger partial charge on any atom is 0.355 e. The van der Waals surface area contributed by atoms with E-state index in [-0.39, 0.29) is 12.1 Å². The van der Waals surface area contributed by atoms with Gasteiger partial charge in [-0.1, -0.05) is 12.1 Å². The van der Waals surface area contributed by atoms with E-state index in [0.717, 1.165) is 10.2 Å². The van der Waals surface area contributed by atoms with Crippen molar-refractivity contribution in [2.75, 3.05) is 5.01 Å². The predicted molar refractivity (Wildman–Crippen MR) is 108 cm³/mol. The van der Waals surface area contributed by atoms with Crippen LogP contribution in [-0.4, -0.2) is 28.6 Å². The normalized spacial score (nSPS) is 17.2. The molecule has 148 valence electrons. The van der Waals surface area contributed by atoms with Crippen LogP contribution in [0.3, 0.4) is 0 Å². The summed E-state index contributed by atoms with van der Waals surface area (Å²) < 4.78 is 19.7. The SMILES string of the molecule is C[C@H](OC(=O)C1=NN(c2ccc(F)cc2)[C@H](C(N)=O)C1)c1nc2ccccc2s1. The van der Waals surface area contributed by atoms with Crippen molar-refractivity contribution >= 4 is 44.8 Å². The lowest BCUT2D eigenvalue weighted by molar-refractivity contribution is -0.140. The molecule has 7 nitrogen and oxygen atoms in total. The topological polar surface area (TPSA) is 97.9 Å². The minimum atomic E-state index is -0.847. The minimum Gasteiger partial charge on any atom is -0.451 e. The summed E-state index contributed by atoms with van der Waals surface area (Å²) in [5, 5.41) is 6.20. The third-order valence-electron chi connectivity index (χ3n) is 4.51. The molecule has 0 spiro atoms. The molecule has 0 unspecified atom stereocenters. The number of halogens is 1. The van der Waals surface area contributed by atoms with Crippen molar-refractivity contribution in [3.05, 3.63) is 59.4 Å². The lowest BCUT2D eigenvalue weighted by atomic mass is 10.1. The summed E-state index contributed by atoms with van der Waals surface area (Å²) in [6.07, 6.45) is -0.563. The first kappa shape index (κ1) is 19.0. The van der Waals surface area contributed by atoms with E-state index in [1.807, 2.05) is 24.3 Å². The van der Waals surface area contributed by atoms with Crippen molar-refractivity contribution in [2.24, 2.45) is 10.8 Å². The average Bonchev–Trinajstić information content (AvgIpc) is 3.33. The van der Waals surface area contributed by atoms with Gasteiger partial charge in [-0.15, -0.1) is 11.3 Å². The number of carbonyl (C=O) groups excluding carboxylic acids is 2. The average molecular weight is 412 g/mol.